The van der Waals surface area contributed by atoms with Crippen LogP contribution in [0.4, 0.5) is 4.79 Å². The van der Waals surface area contributed by atoms with Crippen LogP contribution in [-0.2, 0) is 4.74 Å². The molecule has 2 rings (SSSR count). The third-order valence-electron chi connectivity index (χ3n) is 3.05. The summed E-state index contributed by atoms with van der Waals surface area (Å²) in [5, 5.41) is 2.61. The molecule has 1 amide bonds. The molecule has 18 heavy (non-hydrogen) atoms. The standard InChI is InChI=1S/C14H19NO3/c1-9(2)11-5-4-10(3)13(6-11)17-8-12-7-15-14(16)18-12/h4-6,9,12H,7-8H2,1-3H3,(H,15,16). The molecule has 1 unspecified atom stereocenters. The van der Waals surface area contributed by atoms with Gasteiger partial charge >= 0.3 is 6.09 Å². The maximum Gasteiger partial charge on any atom is 0.407 e. The highest BCUT2D eigenvalue weighted by molar-refractivity contribution is 5.69. The Morgan fingerprint density at radius 2 is 2.28 bits per heavy atom. The lowest BCUT2D eigenvalue weighted by Gasteiger charge is -2.14. The Morgan fingerprint density at radius 3 is 2.89 bits per heavy atom. The molecule has 1 aliphatic heterocycles. The minimum absolute atomic E-state index is 0.195. The van der Waals surface area contributed by atoms with Gasteiger partial charge in [-0.15, -0.1) is 0 Å². The highest BCUT2D eigenvalue weighted by Gasteiger charge is 2.23. The second kappa shape index (κ2) is 5.29. The van der Waals surface area contributed by atoms with E-state index in [0.29, 0.717) is 19.1 Å². The minimum atomic E-state index is -0.365. The lowest BCUT2D eigenvalue weighted by Crippen LogP contribution is -2.22. The van der Waals surface area contributed by atoms with Crippen molar-refractivity contribution in [2.24, 2.45) is 0 Å². The molecule has 0 saturated carbocycles. The zero-order valence-corrected chi connectivity index (χ0v) is 11.0. The van der Waals surface area contributed by atoms with Crippen LogP contribution in [0.25, 0.3) is 0 Å². The zero-order chi connectivity index (χ0) is 13.1. The molecule has 1 saturated heterocycles. The van der Waals surface area contributed by atoms with Crippen LogP contribution in [0, 0.1) is 6.92 Å². The van der Waals surface area contributed by atoms with Crippen molar-refractivity contribution in [3.8, 4) is 5.75 Å². The molecule has 1 aliphatic rings. The van der Waals surface area contributed by atoms with Gasteiger partial charge in [0.15, 0.2) is 6.10 Å². The minimum Gasteiger partial charge on any atom is -0.489 e. The summed E-state index contributed by atoms with van der Waals surface area (Å²) in [6.45, 7) is 7.22. The molecule has 1 aromatic rings. The van der Waals surface area contributed by atoms with Gasteiger partial charge in [-0.2, -0.15) is 0 Å². The van der Waals surface area contributed by atoms with Gasteiger partial charge < -0.3 is 14.8 Å². The van der Waals surface area contributed by atoms with E-state index in [2.05, 4.69) is 37.4 Å². The van der Waals surface area contributed by atoms with Gasteiger partial charge in [-0.05, 0) is 30.0 Å². The van der Waals surface area contributed by atoms with Gasteiger partial charge in [-0.3, -0.25) is 0 Å². The quantitative estimate of drug-likeness (QED) is 0.892. The van der Waals surface area contributed by atoms with Gasteiger partial charge in [-0.25, -0.2) is 4.79 Å². The van der Waals surface area contributed by atoms with Gasteiger partial charge in [0.2, 0.25) is 0 Å². The number of aryl methyl sites for hydroxylation is 1. The first-order valence-corrected chi connectivity index (χ1v) is 6.24. The number of hydrogen-bond acceptors (Lipinski definition) is 3. The molecule has 0 aliphatic carbocycles. The number of nitrogens with one attached hydrogen (secondary N) is 1. The molecule has 0 radical (unpaired) electrons. The van der Waals surface area contributed by atoms with Crippen molar-refractivity contribution in [1.82, 2.24) is 5.32 Å². The molecule has 4 heteroatoms. The fourth-order valence-corrected chi connectivity index (χ4v) is 1.84. The average molecular weight is 249 g/mol. The number of carbonyl (C=O) groups excluding carboxylic acids is 1. The summed E-state index contributed by atoms with van der Waals surface area (Å²) in [5.41, 5.74) is 2.34. The number of carbonyl (C=O) groups is 1. The predicted molar refractivity (Wildman–Crippen MR) is 69.0 cm³/mol. The van der Waals surface area contributed by atoms with Crippen LogP contribution >= 0.6 is 0 Å². The van der Waals surface area contributed by atoms with Crippen molar-refractivity contribution < 1.29 is 14.3 Å². The normalized spacial score (nSPS) is 18.7. The van der Waals surface area contributed by atoms with E-state index in [1.807, 2.05) is 6.92 Å². The molecule has 0 aromatic heterocycles. The maximum absolute atomic E-state index is 10.9. The largest absolute Gasteiger partial charge is 0.489 e. The van der Waals surface area contributed by atoms with E-state index in [1.54, 1.807) is 0 Å². The summed E-state index contributed by atoms with van der Waals surface area (Å²) in [6.07, 6.45) is -0.559. The summed E-state index contributed by atoms with van der Waals surface area (Å²) in [7, 11) is 0. The molecule has 0 bridgehead atoms. The Kier molecular flexibility index (Phi) is 3.75. The molecular weight excluding hydrogens is 230 g/mol. The van der Waals surface area contributed by atoms with E-state index in [4.69, 9.17) is 9.47 Å². The van der Waals surface area contributed by atoms with Crippen LogP contribution in [0.3, 0.4) is 0 Å². The lowest BCUT2D eigenvalue weighted by atomic mass is 10.0. The van der Waals surface area contributed by atoms with Gasteiger partial charge in [0.05, 0.1) is 6.54 Å². The number of hydrogen-bond donors (Lipinski definition) is 1. The lowest BCUT2D eigenvalue weighted by molar-refractivity contribution is 0.104. The van der Waals surface area contributed by atoms with Gasteiger partial charge in [0.1, 0.15) is 12.4 Å². The van der Waals surface area contributed by atoms with Gasteiger partial charge in [0.25, 0.3) is 0 Å². The Morgan fingerprint density at radius 1 is 1.50 bits per heavy atom. The first-order valence-electron chi connectivity index (χ1n) is 6.24. The fraction of sp³-hybridized carbons (Fsp3) is 0.500. The molecule has 98 valence electrons. The Balaban J connectivity index is 1.99. The van der Waals surface area contributed by atoms with E-state index in [0.717, 1.165) is 11.3 Å². The summed E-state index contributed by atoms with van der Waals surface area (Å²) in [5.74, 6) is 1.34. The predicted octanol–water partition coefficient (Wildman–Crippen LogP) is 2.61. The number of ether oxygens (including phenoxy) is 2. The third kappa shape index (κ3) is 2.94. The molecule has 1 fully saturated rings. The highest BCUT2D eigenvalue weighted by Crippen LogP contribution is 2.24. The van der Waals surface area contributed by atoms with Crippen molar-refractivity contribution in [2.45, 2.75) is 32.8 Å². The molecule has 1 N–H and O–H groups in total. The highest BCUT2D eigenvalue weighted by atomic mass is 16.6. The van der Waals surface area contributed by atoms with Crippen LogP contribution in [0.15, 0.2) is 18.2 Å². The number of amides is 1. The van der Waals surface area contributed by atoms with Gasteiger partial charge in [-0.1, -0.05) is 26.0 Å². The van der Waals surface area contributed by atoms with Crippen LogP contribution < -0.4 is 10.1 Å². The SMILES string of the molecule is Cc1ccc(C(C)C)cc1OCC1CNC(=O)O1. The zero-order valence-electron chi connectivity index (χ0n) is 11.0. The second-order valence-corrected chi connectivity index (χ2v) is 4.90. The number of cyclic esters (lactones) is 1. The number of alkyl carbamates (subject to hydrolysis) is 1. The number of benzene rings is 1. The first kappa shape index (κ1) is 12.7. The Bertz CT molecular complexity index is 443. The molecule has 1 atom stereocenters. The Hall–Kier alpha value is -1.71. The van der Waals surface area contributed by atoms with Crippen LogP contribution in [0.1, 0.15) is 30.9 Å². The van der Waals surface area contributed by atoms with E-state index >= 15 is 0 Å². The van der Waals surface area contributed by atoms with Crippen molar-refractivity contribution >= 4 is 6.09 Å². The van der Waals surface area contributed by atoms with Crippen molar-refractivity contribution in [1.29, 1.82) is 0 Å². The van der Waals surface area contributed by atoms with Crippen LogP contribution in [0.2, 0.25) is 0 Å². The molecular formula is C14H19NO3. The van der Waals surface area contributed by atoms with Crippen molar-refractivity contribution in [3.63, 3.8) is 0 Å². The summed E-state index contributed by atoms with van der Waals surface area (Å²) >= 11 is 0. The van der Waals surface area contributed by atoms with Crippen molar-refractivity contribution in [2.75, 3.05) is 13.2 Å². The van der Waals surface area contributed by atoms with E-state index in [1.165, 1.54) is 5.56 Å². The summed E-state index contributed by atoms with van der Waals surface area (Å²) in [4.78, 5) is 10.9. The van der Waals surface area contributed by atoms with E-state index in [9.17, 15) is 4.79 Å². The van der Waals surface area contributed by atoms with E-state index in [-0.39, 0.29) is 12.2 Å². The molecule has 0 spiro atoms. The maximum atomic E-state index is 10.9. The van der Waals surface area contributed by atoms with Crippen molar-refractivity contribution in [3.05, 3.63) is 29.3 Å². The summed E-state index contributed by atoms with van der Waals surface area (Å²) in [6, 6.07) is 6.23. The van der Waals surface area contributed by atoms with Crippen LogP contribution in [0.5, 0.6) is 5.75 Å². The Labute approximate surface area is 107 Å². The third-order valence-corrected chi connectivity index (χ3v) is 3.05. The monoisotopic (exact) mass is 249 g/mol. The average Bonchev–Trinajstić information content (AvgIpc) is 2.74. The fourth-order valence-electron chi connectivity index (χ4n) is 1.84. The number of rotatable bonds is 4. The van der Waals surface area contributed by atoms with E-state index < -0.39 is 0 Å². The molecule has 1 aromatic carbocycles. The van der Waals surface area contributed by atoms with Crippen LogP contribution in [-0.4, -0.2) is 25.3 Å². The topological polar surface area (TPSA) is 47.6 Å². The molecule has 4 nitrogen and oxygen atoms in total. The van der Waals surface area contributed by atoms with Gasteiger partial charge in [0, 0.05) is 0 Å². The smallest absolute Gasteiger partial charge is 0.407 e. The summed E-state index contributed by atoms with van der Waals surface area (Å²) < 4.78 is 10.8. The second-order valence-electron chi connectivity index (χ2n) is 4.90. The first-order chi connectivity index (χ1) is 8.56. The molecule has 1 heterocycles.